The first-order chi connectivity index (χ1) is 19.3. The molecule has 0 spiro atoms. The van der Waals surface area contributed by atoms with Crippen molar-refractivity contribution < 1.29 is 17.9 Å². The van der Waals surface area contributed by atoms with E-state index in [0.29, 0.717) is 17.9 Å². The second-order valence-corrected chi connectivity index (χ2v) is 12.4. The van der Waals surface area contributed by atoms with Crippen molar-refractivity contribution in [2.75, 3.05) is 4.72 Å². The van der Waals surface area contributed by atoms with E-state index in [1.807, 2.05) is 24.3 Å². The lowest BCUT2D eigenvalue weighted by atomic mass is 9.74. The Kier molecular flexibility index (Phi) is 7.86. The van der Waals surface area contributed by atoms with Crippen molar-refractivity contribution in [2.24, 2.45) is 5.92 Å². The zero-order valence-electron chi connectivity index (χ0n) is 22.8. The van der Waals surface area contributed by atoms with Crippen molar-refractivity contribution in [3.63, 3.8) is 0 Å². The Hall–Kier alpha value is -3.84. The molecule has 1 atom stereocenters. The number of aromatic hydroxyl groups is 1. The van der Waals surface area contributed by atoms with Gasteiger partial charge in [0.25, 0.3) is 10.0 Å². The third kappa shape index (κ3) is 5.70. The van der Waals surface area contributed by atoms with E-state index in [-0.39, 0.29) is 22.1 Å². The van der Waals surface area contributed by atoms with Crippen molar-refractivity contribution in [1.82, 2.24) is 0 Å². The summed E-state index contributed by atoms with van der Waals surface area (Å²) in [6.45, 7) is 4.15. The SMILES string of the molecule is CCC(CC)(Cc1ccccc1)c1cc(O)c(C(c2cccc(NS(=O)(=O)c3ccccc3)c2)C2CC2)c(=O)o1. The topological polar surface area (TPSA) is 96.6 Å². The van der Waals surface area contributed by atoms with E-state index >= 15 is 0 Å². The van der Waals surface area contributed by atoms with Crippen LogP contribution in [-0.2, 0) is 21.9 Å². The first-order valence-electron chi connectivity index (χ1n) is 13.9. The van der Waals surface area contributed by atoms with Crippen LogP contribution in [0.25, 0.3) is 0 Å². The fourth-order valence-corrected chi connectivity index (χ4v) is 6.74. The zero-order valence-corrected chi connectivity index (χ0v) is 23.7. The molecule has 208 valence electrons. The lowest BCUT2D eigenvalue weighted by Crippen LogP contribution is -2.29. The monoisotopic (exact) mass is 557 g/mol. The maximum atomic E-state index is 13.6. The third-order valence-electron chi connectivity index (χ3n) is 8.18. The highest BCUT2D eigenvalue weighted by molar-refractivity contribution is 7.92. The van der Waals surface area contributed by atoms with Crippen LogP contribution < -0.4 is 10.3 Å². The molecule has 2 N–H and O–H groups in total. The molecule has 3 aromatic carbocycles. The molecule has 1 aromatic heterocycles. The van der Waals surface area contributed by atoms with Crippen LogP contribution in [0.2, 0.25) is 0 Å². The maximum Gasteiger partial charge on any atom is 0.343 e. The fourth-order valence-electron chi connectivity index (χ4n) is 5.67. The Morgan fingerprint density at radius 1 is 0.925 bits per heavy atom. The molecular weight excluding hydrogens is 522 g/mol. The fraction of sp³-hybridized carbons (Fsp3) is 0.303. The first-order valence-corrected chi connectivity index (χ1v) is 15.3. The van der Waals surface area contributed by atoms with Gasteiger partial charge in [-0.3, -0.25) is 4.72 Å². The summed E-state index contributed by atoms with van der Waals surface area (Å²) >= 11 is 0. The van der Waals surface area contributed by atoms with Crippen molar-refractivity contribution >= 4 is 15.7 Å². The number of anilines is 1. The summed E-state index contributed by atoms with van der Waals surface area (Å²) in [5.41, 5.74) is 1.56. The summed E-state index contributed by atoms with van der Waals surface area (Å²) < 4.78 is 34.5. The van der Waals surface area contributed by atoms with Gasteiger partial charge in [-0.1, -0.05) is 74.5 Å². The van der Waals surface area contributed by atoms with E-state index in [9.17, 15) is 18.3 Å². The van der Waals surface area contributed by atoms with Crippen LogP contribution in [0, 0.1) is 5.92 Å². The third-order valence-corrected chi connectivity index (χ3v) is 9.58. The minimum absolute atomic E-state index is 0.0715. The normalized spacial score (nSPS) is 14.6. The molecule has 1 unspecified atom stereocenters. The van der Waals surface area contributed by atoms with Crippen LogP contribution in [0.3, 0.4) is 0 Å². The van der Waals surface area contributed by atoms with Gasteiger partial charge in [0.05, 0.1) is 10.5 Å². The molecule has 1 aliphatic rings. The number of benzene rings is 3. The predicted molar refractivity (Wildman–Crippen MR) is 157 cm³/mol. The van der Waals surface area contributed by atoms with Gasteiger partial charge in [-0.25, -0.2) is 13.2 Å². The Labute approximate surface area is 235 Å². The second kappa shape index (κ2) is 11.3. The molecule has 0 bridgehead atoms. The van der Waals surface area contributed by atoms with Crippen molar-refractivity contribution in [1.29, 1.82) is 0 Å². The van der Waals surface area contributed by atoms with E-state index in [1.54, 1.807) is 42.5 Å². The van der Waals surface area contributed by atoms with E-state index in [2.05, 4.69) is 30.7 Å². The molecule has 0 saturated heterocycles. The molecule has 5 rings (SSSR count). The summed E-state index contributed by atoms with van der Waals surface area (Å²) in [5, 5.41) is 11.3. The average Bonchev–Trinajstić information content (AvgIpc) is 3.80. The Balaban J connectivity index is 1.50. The van der Waals surface area contributed by atoms with Gasteiger partial charge >= 0.3 is 5.63 Å². The van der Waals surface area contributed by atoms with Gasteiger partial charge in [-0.15, -0.1) is 0 Å². The Morgan fingerprint density at radius 2 is 1.57 bits per heavy atom. The van der Waals surface area contributed by atoms with Gasteiger partial charge in [0, 0.05) is 23.1 Å². The number of hydrogen-bond acceptors (Lipinski definition) is 5. The minimum Gasteiger partial charge on any atom is -0.507 e. The van der Waals surface area contributed by atoms with Crippen molar-refractivity contribution in [2.45, 2.75) is 62.2 Å². The van der Waals surface area contributed by atoms with Crippen LogP contribution in [0.4, 0.5) is 5.69 Å². The van der Waals surface area contributed by atoms with Gasteiger partial charge in [0.15, 0.2) is 0 Å². The number of sulfonamides is 1. The van der Waals surface area contributed by atoms with Crippen LogP contribution in [-0.4, -0.2) is 13.5 Å². The molecule has 6 nitrogen and oxygen atoms in total. The molecular formula is C33H35NO5S. The van der Waals surface area contributed by atoms with E-state index in [1.165, 1.54) is 12.1 Å². The highest BCUT2D eigenvalue weighted by atomic mass is 32.2. The standard InChI is InChI=1S/C33H35NO5S/c1-3-33(4-2,22-23-12-7-5-8-13-23)29-21-28(35)31(32(36)39-29)30(24-18-19-24)25-14-11-15-26(20-25)34-40(37,38)27-16-9-6-10-17-27/h5-17,20-21,24,30,34-35H,3-4,18-19,22H2,1-2H3. The van der Waals surface area contributed by atoms with Crippen LogP contribution in [0.5, 0.6) is 5.75 Å². The van der Waals surface area contributed by atoms with Gasteiger partial charge in [-0.05, 0) is 73.4 Å². The summed E-state index contributed by atoms with van der Waals surface area (Å²) in [4.78, 5) is 13.8. The Morgan fingerprint density at radius 3 is 2.17 bits per heavy atom. The van der Waals surface area contributed by atoms with Gasteiger partial charge in [-0.2, -0.15) is 0 Å². The molecule has 1 saturated carbocycles. The van der Waals surface area contributed by atoms with E-state index in [4.69, 9.17) is 4.42 Å². The van der Waals surface area contributed by atoms with Crippen LogP contribution in [0.1, 0.15) is 67.9 Å². The summed E-state index contributed by atoms with van der Waals surface area (Å²) in [6, 6.07) is 27.0. The highest BCUT2D eigenvalue weighted by Gasteiger charge is 2.39. The summed E-state index contributed by atoms with van der Waals surface area (Å²) in [5.74, 6) is 0.176. The summed E-state index contributed by atoms with van der Waals surface area (Å²) in [6.07, 6.45) is 4.00. The number of nitrogens with one attached hydrogen (secondary N) is 1. The quantitative estimate of drug-likeness (QED) is 0.207. The highest BCUT2D eigenvalue weighted by Crippen LogP contribution is 2.48. The lowest BCUT2D eigenvalue weighted by molar-refractivity contribution is 0.284. The Bertz CT molecular complexity index is 1620. The number of hydrogen-bond donors (Lipinski definition) is 2. The molecule has 0 radical (unpaired) electrons. The van der Waals surface area contributed by atoms with Crippen LogP contribution in [0.15, 0.2) is 105 Å². The maximum absolute atomic E-state index is 13.6. The summed E-state index contributed by atoms with van der Waals surface area (Å²) in [7, 11) is -3.77. The van der Waals surface area contributed by atoms with Gasteiger partial charge < -0.3 is 9.52 Å². The molecule has 1 aliphatic carbocycles. The van der Waals surface area contributed by atoms with Gasteiger partial charge in [0.1, 0.15) is 11.5 Å². The second-order valence-electron chi connectivity index (χ2n) is 10.7. The van der Waals surface area contributed by atoms with Crippen molar-refractivity contribution in [3.8, 4) is 5.75 Å². The smallest absolute Gasteiger partial charge is 0.343 e. The number of rotatable bonds is 11. The molecule has 1 fully saturated rings. The molecule has 4 aromatic rings. The molecule has 0 amide bonds. The van der Waals surface area contributed by atoms with Crippen LogP contribution >= 0.6 is 0 Å². The van der Waals surface area contributed by atoms with E-state index in [0.717, 1.165) is 36.8 Å². The van der Waals surface area contributed by atoms with E-state index < -0.39 is 27.0 Å². The largest absolute Gasteiger partial charge is 0.507 e. The molecule has 40 heavy (non-hydrogen) atoms. The van der Waals surface area contributed by atoms with Crippen molar-refractivity contribution in [3.05, 3.63) is 124 Å². The molecule has 1 heterocycles. The van der Waals surface area contributed by atoms with Gasteiger partial charge in [0.2, 0.25) is 0 Å². The average molecular weight is 558 g/mol. The zero-order chi connectivity index (χ0) is 28.3. The lowest BCUT2D eigenvalue weighted by Gasteiger charge is -2.31. The predicted octanol–water partition coefficient (Wildman–Crippen LogP) is 6.99. The minimum atomic E-state index is -3.77. The molecule has 0 aliphatic heterocycles. The first kappa shape index (κ1) is 27.7. The molecule has 7 heteroatoms.